The van der Waals surface area contributed by atoms with Crippen molar-refractivity contribution in [2.45, 2.75) is 31.3 Å². The third-order valence-corrected chi connectivity index (χ3v) is 4.15. The third-order valence-electron chi connectivity index (χ3n) is 4.15. The minimum Gasteiger partial charge on any atom is -0.364 e. The predicted octanol–water partition coefficient (Wildman–Crippen LogP) is 1.00. The van der Waals surface area contributed by atoms with Crippen LogP contribution in [0.1, 0.15) is 19.3 Å². The summed E-state index contributed by atoms with van der Waals surface area (Å²) in [5.41, 5.74) is 1.64. The SMILES string of the molecule is c1nc(NC2CCN3CCCC23)c2[nH]cnc2n1. The first-order valence-corrected chi connectivity index (χ1v) is 6.56. The Morgan fingerprint density at radius 3 is 3.22 bits per heavy atom. The average Bonchev–Trinajstić information content (AvgIpc) is 3.06. The van der Waals surface area contributed by atoms with Gasteiger partial charge in [0.05, 0.1) is 6.33 Å². The summed E-state index contributed by atoms with van der Waals surface area (Å²) in [5, 5.41) is 3.58. The van der Waals surface area contributed by atoms with Crippen molar-refractivity contribution < 1.29 is 0 Å². The highest BCUT2D eigenvalue weighted by Crippen LogP contribution is 2.30. The second-order valence-electron chi connectivity index (χ2n) is 5.11. The Hall–Kier alpha value is -1.69. The van der Waals surface area contributed by atoms with Crippen LogP contribution in [0.3, 0.4) is 0 Å². The van der Waals surface area contributed by atoms with Crippen LogP contribution in [0.2, 0.25) is 0 Å². The van der Waals surface area contributed by atoms with Gasteiger partial charge >= 0.3 is 0 Å². The summed E-state index contributed by atoms with van der Waals surface area (Å²) in [6.45, 7) is 2.46. The number of hydrogen-bond donors (Lipinski definition) is 2. The molecule has 18 heavy (non-hydrogen) atoms. The fourth-order valence-corrected chi connectivity index (χ4v) is 3.30. The van der Waals surface area contributed by atoms with Crippen molar-refractivity contribution in [2.75, 3.05) is 18.4 Å². The molecular weight excluding hydrogens is 228 g/mol. The molecule has 0 aliphatic carbocycles. The van der Waals surface area contributed by atoms with E-state index >= 15 is 0 Å². The maximum absolute atomic E-state index is 4.34. The molecule has 2 aromatic heterocycles. The summed E-state index contributed by atoms with van der Waals surface area (Å²) in [5.74, 6) is 0.885. The highest BCUT2D eigenvalue weighted by atomic mass is 15.2. The van der Waals surface area contributed by atoms with Gasteiger partial charge in [0.2, 0.25) is 0 Å². The monoisotopic (exact) mass is 244 g/mol. The van der Waals surface area contributed by atoms with Crippen molar-refractivity contribution in [1.29, 1.82) is 0 Å². The molecule has 0 bridgehead atoms. The molecule has 6 heteroatoms. The molecule has 4 rings (SSSR count). The smallest absolute Gasteiger partial charge is 0.182 e. The number of imidazole rings is 1. The van der Waals surface area contributed by atoms with Crippen LogP contribution >= 0.6 is 0 Å². The van der Waals surface area contributed by atoms with Gasteiger partial charge in [-0.15, -0.1) is 0 Å². The van der Waals surface area contributed by atoms with E-state index < -0.39 is 0 Å². The number of fused-ring (bicyclic) bond motifs is 2. The summed E-state index contributed by atoms with van der Waals surface area (Å²) >= 11 is 0. The fraction of sp³-hybridized carbons (Fsp3) is 0.583. The van der Waals surface area contributed by atoms with Crippen LogP contribution in [0, 0.1) is 0 Å². The van der Waals surface area contributed by atoms with E-state index in [1.54, 1.807) is 12.7 Å². The molecule has 2 atom stereocenters. The maximum Gasteiger partial charge on any atom is 0.182 e. The van der Waals surface area contributed by atoms with E-state index in [0.717, 1.165) is 17.0 Å². The van der Waals surface area contributed by atoms with Crippen molar-refractivity contribution >= 4 is 17.0 Å². The van der Waals surface area contributed by atoms with E-state index in [2.05, 4.69) is 30.2 Å². The van der Waals surface area contributed by atoms with Crippen molar-refractivity contribution in [1.82, 2.24) is 24.8 Å². The van der Waals surface area contributed by atoms with Crippen LogP contribution in [0.5, 0.6) is 0 Å². The van der Waals surface area contributed by atoms with E-state index in [1.165, 1.54) is 32.4 Å². The minimum absolute atomic E-state index is 0.508. The summed E-state index contributed by atoms with van der Waals surface area (Å²) in [4.78, 5) is 18.3. The van der Waals surface area contributed by atoms with Crippen molar-refractivity contribution in [3.05, 3.63) is 12.7 Å². The van der Waals surface area contributed by atoms with Crippen LogP contribution in [-0.2, 0) is 0 Å². The van der Waals surface area contributed by atoms with Crippen LogP contribution in [0.4, 0.5) is 5.82 Å². The lowest BCUT2D eigenvalue weighted by molar-refractivity contribution is 0.318. The van der Waals surface area contributed by atoms with Crippen molar-refractivity contribution in [3.8, 4) is 0 Å². The highest BCUT2D eigenvalue weighted by Gasteiger charge is 2.37. The number of H-pyrrole nitrogens is 1. The number of hydrogen-bond acceptors (Lipinski definition) is 5. The van der Waals surface area contributed by atoms with E-state index in [9.17, 15) is 0 Å². The van der Waals surface area contributed by atoms with Crippen molar-refractivity contribution in [3.63, 3.8) is 0 Å². The number of nitrogens with one attached hydrogen (secondary N) is 2. The molecule has 0 spiro atoms. The summed E-state index contributed by atoms with van der Waals surface area (Å²) in [6.07, 6.45) is 7.07. The molecule has 2 aliphatic heterocycles. The Morgan fingerprint density at radius 2 is 2.22 bits per heavy atom. The quantitative estimate of drug-likeness (QED) is 0.824. The van der Waals surface area contributed by atoms with E-state index in [-0.39, 0.29) is 0 Å². The molecule has 2 unspecified atom stereocenters. The summed E-state index contributed by atoms with van der Waals surface area (Å²) < 4.78 is 0. The molecule has 0 saturated carbocycles. The summed E-state index contributed by atoms with van der Waals surface area (Å²) in [6, 6.07) is 1.19. The topological polar surface area (TPSA) is 69.7 Å². The number of rotatable bonds is 2. The number of anilines is 1. The Bertz CT molecular complexity index is 564. The second-order valence-corrected chi connectivity index (χ2v) is 5.11. The zero-order valence-electron chi connectivity index (χ0n) is 10.1. The van der Waals surface area contributed by atoms with Crippen LogP contribution in [0.25, 0.3) is 11.2 Å². The minimum atomic E-state index is 0.508. The standard InChI is InChI=1S/C12H16N6/c1-2-9-8(3-5-18(9)4-1)17-12-10-11(14-6-13-10)15-7-16-12/h6-9H,1-5H2,(H2,13,14,15,16,17). The van der Waals surface area contributed by atoms with Gasteiger partial charge in [0.15, 0.2) is 11.5 Å². The van der Waals surface area contributed by atoms with Crippen molar-refractivity contribution in [2.24, 2.45) is 0 Å². The van der Waals surface area contributed by atoms with Gasteiger partial charge in [-0.2, -0.15) is 0 Å². The van der Waals surface area contributed by atoms with Crippen LogP contribution in [0.15, 0.2) is 12.7 Å². The van der Waals surface area contributed by atoms with Gasteiger partial charge in [-0.1, -0.05) is 0 Å². The first-order chi connectivity index (χ1) is 8.92. The molecule has 2 aliphatic rings. The van der Waals surface area contributed by atoms with Gasteiger partial charge < -0.3 is 10.3 Å². The maximum atomic E-state index is 4.34. The van der Waals surface area contributed by atoms with Gasteiger partial charge in [0.1, 0.15) is 11.8 Å². The molecule has 4 heterocycles. The molecule has 2 N–H and O–H groups in total. The molecule has 94 valence electrons. The Balaban J connectivity index is 1.62. The Labute approximate surface area is 105 Å². The number of aromatic nitrogens is 4. The van der Waals surface area contributed by atoms with E-state index in [4.69, 9.17) is 0 Å². The molecule has 0 radical (unpaired) electrons. The van der Waals surface area contributed by atoms with Gasteiger partial charge in [-0.25, -0.2) is 15.0 Å². The molecule has 0 amide bonds. The molecular formula is C12H16N6. The third kappa shape index (κ3) is 1.49. The first-order valence-electron chi connectivity index (χ1n) is 6.56. The molecule has 2 saturated heterocycles. The zero-order valence-corrected chi connectivity index (χ0v) is 10.1. The highest BCUT2D eigenvalue weighted by molar-refractivity contribution is 5.82. The number of aromatic amines is 1. The lowest BCUT2D eigenvalue weighted by atomic mass is 10.1. The normalized spacial score (nSPS) is 27.8. The van der Waals surface area contributed by atoms with E-state index in [0.29, 0.717) is 12.1 Å². The van der Waals surface area contributed by atoms with Gasteiger partial charge in [-0.05, 0) is 25.8 Å². The van der Waals surface area contributed by atoms with Gasteiger partial charge in [-0.3, -0.25) is 4.90 Å². The zero-order chi connectivity index (χ0) is 11.9. The van der Waals surface area contributed by atoms with Gasteiger partial charge in [0, 0.05) is 18.6 Å². The van der Waals surface area contributed by atoms with Gasteiger partial charge in [0.25, 0.3) is 0 Å². The second kappa shape index (κ2) is 3.91. The summed E-state index contributed by atoms with van der Waals surface area (Å²) in [7, 11) is 0. The van der Waals surface area contributed by atoms with E-state index in [1.807, 2.05) is 0 Å². The molecule has 2 aromatic rings. The first kappa shape index (κ1) is 10.3. The van der Waals surface area contributed by atoms with Crippen LogP contribution in [-0.4, -0.2) is 50.0 Å². The van der Waals surface area contributed by atoms with Crippen LogP contribution < -0.4 is 5.32 Å². The Kier molecular flexibility index (Phi) is 2.23. The molecule has 2 fully saturated rings. The predicted molar refractivity (Wildman–Crippen MR) is 68.3 cm³/mol. The average molecular weight is 244 g/mol. The molecule has 6 nitrogen and oxygen atoms in total. The lowest BCUT2D eigenvalue weighted by Crippen LogP contribution is -2.34. The Morgan fingerprint density at radius 1 is 1.22 bits per heavy atom. The molecule has 0 aromatic carbocycles. The number of nitrogens with zero attached hydrogens (tertiary/aromatic N) is 4. The lowest BCUT2D eigenvalue weighted by Gasteiger charge is -2.21. The fourth-order valence-electron chi connectivity index (χ4n) is 3.30. The largest absolute Gasteiger partial charge is 0.364 e.